The summed E-state index contributed by atoms with van der Waals surface area (Å²) in [5.41, 5.74) is 3.22. The number of amides is 3. The van der Waals surface area contributed by atoms with Crippen LogP contribution >= 0.6 is 11.6 Å². The second kappa shape index (κ2) is 11.4. The van der Waals surface area contributed by atoms with Gasteiger partial charge in [-0.05, 0) is 67.9 Å². The SMILES string of the molecule is CC(C)Nc1c(C(=O)NNC(=O)OC(C)(C)C)cc(F)c(N2CCC(NC(=O)OC(C)(C)C)C2)c1Cl. The number of nitrogens with zero attached hydrogens (tertiary/aromatic N) is 1. The maximum atomic E-state index is 15.3. The normalized spacial score (nSPS) is 16.0. The van der Waals surface area contributed by atoms with Crippen LogP contribution in [-0.2, 0) is 9.47 Å². The van der Waals surface area contributed by atoms with Gasteiger partial charge < -0.3 is 25.0 Å². The molecular weight excluding hydrogens is 493 g/mol. The molecule has 202 valence electrons. The van der Waals surface area contributed by atoms with Crippen molar-refractivity contribution < 1.29 is 28.2 Å². The lowest BCUT2D eigenvalue weighted by molar-refractivity contribution is 0.0480. The van der Waals surface area contributed by atoms with Gasteiger partial charge in [-0.15, -0.1) is 0 Å². The Morgan fingerprint density at radius 2 is 1.64 bits per heavy atom. The predicted octanol–water partition coefficient (Wildman–Crippen LogP) is 4.57. The van der Waals surface area contributed by atoms with Crippen molar-refractivity contribution in [1.29, 1.82) is 0 Å². The number of anilines is 2. The average molecular weight is 530 g/mol. The molecule has 1 aromatic carbocycles. The number of carbonyl (C=O) groups is 3. The van der Waals surface area contributed by atoms with Crippen molar-refractivity contribution in [3.8, 4) is 0 Å². The van der Waals surface area contributed by atoms with Gasteiger partial charge in [-0.2, -0.15) is 0 Å². The van der Waals surface area contributed by atoms with Gasteiger partial charge in [-0.25, -0.2) is 19.4 Å². The minimum Gasteiger partial charge on any atom is -0.444 e. The smallest absolute Gasteiger partial charge is 0.426 e. The van der Waals surface area contributed by atoms with Gasteiger partial charge in [0, 0.05) is 19.1 Å². The van der Waals surface area contributed by atoms with E-state index in [2.05, 4.69) is 21.5 Å². The van der Waals surface area contributed by atoms with E-state index in [4.69, 9.17) is 21.1 Å². The Morgan fingerprint density at radius 1 is 1.06 bits per heavy atom. The van der Waals surface area contributed by atoms with Gasteiger partial charge in [0.25, 0.3) is 5.91 Å². The third-order valence-corrected chi connectivity index (χ3v) is 5.14. The van der Waals surface area contributed by atoms with Crippen LogP contribution in [0, 0.1) is 5.82 Å². The van der Waals surface area contributed by atoms with Crippen molar-refractivity contribution in [2.24, 2.45) is 0 Å². The molecule has 0 aromatic heterocycles. The number of hydrogen-bond acceptors (Lipinski definition) is 7. The van der Waals surface area contributed by atoms with Crippen molar-refractivity contribution in [1.82, 2.24) is 16.2 Å². The lowest BCUT2D eigenvalue weighted by atomic mass is 10.1. The van der Waals surface area contributed by atoms with Gasteiger partial charge in [-0.1, -0.05) is 11.6 Å². The molecule has 2 rings (SSSR count). The number of halogens is 2. The molecule has 36 heavy (non-hydrogen) atoms. The summed E-state index contributed by atoms with van der Waals surface area (Å²) in [5, 5.41) is 5.90. The summed E-state index contributed by atoms with van der Waals surface area (Å²) in [6.07, 6.45) is -0.852. The number of hydrazine groups is 1. The van der Waals surface area contributed by atoms with Crippen LogP contribution in [0.3, 0.4) is 0 Å². The lowest BCUT2D eigenvalue weighted by Crippen LogP contribution is -2.44. The first-order valence-electron chi connectivity index (χ1n) is 11.8. The van der Waals surface area contributed by atoms with Gasteiger partial charge in [0.15, 0.2) is 0 Å². The highest BCUT2D eigenvalue weighted by molar-refractivity contribution is 6.37. The Morgan fingerprint density at radius 3 is 2.19 bits per heavy atom. The standard InChI is InChI=1S/C24H37ClFN5O5/c1-13(2)27-18-15(20(32)29-30-22(34)36-24(6,7)8)11-16(26)19(17(18)25)31-10-9-14(12-31)28-21(33)35-23(3,4)5/h11,13-14,27H,9-10,12H2,1-8H3,(H,28,33)(H,29,32)(H,30,34). The fourth-order valence-corrected chi connectivity index (χ4v) is 3.91. The Kier molecular flexibility index (Phi) is 9.28. The molecule has 1 fully saturated rings. The Bertz CT molecular complexity index is 991. The van der Waals surface area contributed by atoms with Gasteiger partial charge in [0.2, 0.25) is 0 Å². The highest BCUT2D eigenvalue weighted by atomic mass is 35.5. The van der Waals surface area contributed by atoms with E-state index in [1.165, 1.54) is 0 Å². The number of hydrogen-bond donors (Lipinski definition) is 4. The summed E-state index contributed by atoms with van der Waals surface area (Å²) >= 11 is 6.63. The van der Waals surface area contributed by atoms with Crippen molar-refractivity contribution in [2.75, 3.05) is 23.3 Å². The van der Waals surface area contributed by atoms with E-state index in [1.54, 1.807) is 46.4 Å². The molecular formula is C24H37ClFN5O5. The van der Waals surface area contributed by atoms with E-state index in [9.17, 15) is 14.4 Å². The molecule has 1 aromatic rings. The van der Waals surface area contributed by atoms with E-state index in [0.29, 0.717) is 19.5 Å². The molecule has 0 saturated carbocycles. The quantitative estimate of drug-likeness (QED) is 0.412. The Hall–Kier alpha value is -2.95. The molecule has 1 saturated heterocycles. The fraction of sp³-hybridized carbons (Fsp3) is 0.625. The summed E-state index contributed by atoms with van der Waals surface area (Å²) in [7, 11) is 0. The van der Waals surface area contributed by atoms with E-state index >= 15 is 4.39 Å². The van der Waals surface area contributed by atoms with Crippen molar-refractivity contribution in [3.05, 3.63) is 22.5 Å². The van der Waals surface area contributed by atoms with Crippen LogP contribution in [0.1, 0.15) is 72.2 Å². The first-order chi connectivity index (χ1) is 16.5. The number of alkyl carbamates (subject to hydrolysis) is 1. The first-order valence-corrected chi connectivity index (χ1v) is 12.2. The predicted molar refractivity (Wildman–Crippen MR) is 137 cm³/mol. The fourth-order valence-electron chi connectivity index (χ4n) is 3.54. The average Bonchev–Trinajstić information content (AvgIpc) is 3.12. The first kappa shape index (κ1) is 29.3. The summed E-state index contributed by atoms with van der Waals surface area (Å²) in [6.45, 7) is 14.8. The lowest BCUT2D eigenvalue weighted by Gasteiger charge is -2.25. The molecule has 0 bridgehead atoms. The zero-order valence-corrected chi connectivity index (χ0v) is 22.9. The van der Waals surface area contributed by atoms with E-state index in [-0.39, 0.29) is 34.0 Å². The van der Waals surface area contributed by atoms with Crippen LogP contribution in [0.15, 0.2) is 6.07 Å². The monoisotopic (exact) mass is 529 g/mol. The molecule has 4 N–H and O–H groups in total. The van der Waals surface area contributed by atoms with Crippen LogP contribution in [-0.4, -0.2) is 54.5 Å². The maximum absolute atomic E-state index is 15.3. The third kappa shape index (κ3) is 8.61. The summed E-state index contributed by atoms with van der Waals surface area (Å²) in [4.78, 5) is 38.6. The zero-order valence-electron chi connectivity index (χ0n) is 22.1. The van der Waals surface area contributed by atoms with Crippen LogP contribution in [0.25, 0.3) is 0 Å². The maximum Gasteiger partial charge on any atom is 0.426 e. The largest absolute Gasteiger partial charge is 0.444 e. The van der Waals surface area contributed by atoms with E-state index in [0.717, 1.165) is 6.07 Å². The second-order valence-electron chi connectivity index (χ2n) is 10.9. The molecule has 1 atom stereocenters. The molecule has 12 heteroatoms. The zero-order chi connectivity index (χ0) is 27.4. The number of carbonyl (C=O) groups excluding carboxylic acids is 3. The summed E-state index contributed by atoms with van der Waals surface area (Å²) in [6, 6.07) is 0.663. The number of ether oxygens (including phenoxy) is 2. The minimum atomic E-state index is -0.863. The molecule has 0 radical (unpaired) electrons. The number of nitrogens with one attached hydrogen (secondary N) is 4. The third-order valence-electron chi connectivity index (χ3n) is 4.77. The highest BCUT2D eigenvalue weighted by Gasteiger charge is 2.31. The number of rotatable bonds is 5. The highest BCUT2D eigenvalue weighted by Crippen LogP contribution is 2.40. The summed E-state index contributed by atoms with van der Waals surface area (Å²) in [5.74, 6) is -1.49. The van der Waals surface area contributed by atoms with Gasteiger partial charge in [0.1, 0.15) is 17.0 Å². The molecule has 0 aliphatic carbocycles. The van der Waals surface area contributed by atoms with Crippen LogP contribution < -0.4 is 26.4 Å². The van der Waals surface area contributed by atoms with Gasteiger partial charge in [-0.3, -0.25) is 10.2 Å². The van der Waals surface area contributed by atoms with Crippen LogP contribution in [0.4, 0.5) is 25.4 Å². The Balaban J connectivity index is 2.24. The molecule has 1 unspecified atom stereocenters. The van der Waals surface area contributed by atoms with Gasteiger partial charge in [0.05, 0.1) is 28.0 Å². The van der Waals surface area contributed by atoms with E-state index < -0.39 is 35.1 Å². The van der Waals surface area contributed by atoms with Crippen molar-refractivity contribution in [3.63, 3.8) is 0 Å². The molecule has 1 aliphatic heterocycles. The molecule has 10 nitrogen and oxygen atoms in total. The molecule has 3 amide bonds. The number of benzene rings is 1. The molecule has 1 aliphatic rings. The summed E-state index contributed by atoms with van der Waals surface area (Å²) < 4.78 is 25.7. The van der Waals surface area contributed by atoms with Crippen molar-refractivity contribution >= 4 is 41.1 Å². The van der Waals surface area contributed by atoms with Crippen molar-refractivity contribution in [2.45, 2.75) is 85.1 Å². The van der Waals surface area contributed by atoms with Gasteiger partial charge >= 0.3 is 12.2 Å². The molecule has 1 heterocycles. The Labute approximate surface area is 216 Å². The van der Waals surface area contributed by atoms with Crippen LogP contribution in [0.5, 0.6) is 0 Å². The minimum absolute atomic E-state index is 0.0176. The molecule has 0 spiro atoms. The topological polar surface area (TPSA) is 121 Å². The van der Waals surface area contributed by atoms with E-state index in [1.807, 2.05) is 13.8 Å². The second-order valence-corrected chi connectivity index (χ2v) is 11.3. The van der Waals surface area contributed by atoms with Crippen LogP contribution in [0.2, 0.25) is 5.02 Å².